The van der Waals surface area contributed by atoms with Crippen molar-refractivity contribution in [1.82, 2.24) is 10.2 Å². The van der Waals surface area contributed by atoms with E-state index in [2.05, 4.69) is 10.2 Å². The predicted octanol–water partition coefficient (Wildman–Crippen LogP) is 0.535. The smallest absolute Gasteiger partial charge is 0.320 e. The Morgan fingerprint density at radius 1 is 1.50 bits per heavy atom. The quantitative estimate of drug-likeness (QED) is 0.614. The van der Waals surface area contributed by atoms with Crippen molar-refractivity contribution in [2.75, 3.05) is 26.2 Å². The second-order valence-electron chi connectivity index (χ2n) is 3.92. The minimum absolute atomic E-state index is 0.423. The van der Waals surface area contributed by atoms with Gasteiger partial charge in [-0.25, -0.2) is 0 Å². The first-order valence-electron chi connectivity index (χ1n) is 5.38. The Bertz CT molecular complexity index is 179. The monoisotopic (exact) mass is 200 g/mol. The molecule has 1 saturated heterocycles. The number of carbonyl (C=O) groups is 1. The van der Waals surface area contributed by atoms with E-state index in [1.54, 1.807) is 6.92 Å². The van der Waals surface area contributed by atoms with Crippen molar-refractivity contribution in [3.05, 3.63) is 0 Å². The standard InChI is InChI=1S/C10H20N2O2/c1-9(10(13)14)11-5-4-8-12-6-2-3-7-12/h9,11H,2-8H2,1H3,(H,13,14)/t9-/m0/s1. The van der Waals surface area contributed by atoms with E-state index < -0.39 is 12.0 Å². The van der Waals surface area contributed by atoms with Gasteiger partial charge >= 0.3 is 5.97 Å². The van der Waals surface area contributed by atoms with E-state index >= 15 is 0 Å². The molecule has 2 N–H and O–H groups in total. The zero-order valence-electron chi connectivity index (χ0n) is 8.83. The van der Waals surface area contributed by atoms with Crippen LogP contribution in [0.15, 0.2) is 0 Å². The first-order valence-corrected chi connectivity index (χ1v) is 5.38. The molecule has 0 amide bonds. The lowest BCUT2D eigenvalue weighted by Crippen LogP contribution is -2.35. The largest absolute Gasteiger partial charge is 0.480 e. The van der Waals surface area contributed by atoms with Crippen LogP contribution in [0.2, 0.25) is 0 Å². The number of hydrogen-bond acceptors (Lipinski definition) is 3. The third kappa shape index (κ3) is 4.07. The molecular formula is C10H20N2O2. The SMILES string of the molecule is C[C@H](NCCCN1CCCC1)C(=O)O. The molecule has 0 aromatic carbocycles. The Morgan fingerprint density at radius 2 is 2.14 bits per heavy atom. The summed E-state index contributed by atoms with van der Waals surface area (Å²) in [4.78, 5) is 12.9. The summed E-state index contributed by atoms with van der Waals surface area (Å²) in [7, 11) is 0. The maximum Gasteiger partial charge on any atom is 0.320 e. The fraction of sp³-hybridized carbons (Fsp3) is 0.900. The van der Waals surface area contributed by atoms with Crippen LogP contribution in [0.25, 0.3) is 0 Å². The molecule has 4 heteroatoms. The number of likely N-dealkylation sites (tertiary alicyclic amines) is 1. The van der Waals surface area contributed by atoms with Crippen LogP contribution >= 0.6 is 0 Å². The van der Waals surface area contributed by atoms with Crippen LogP contribution in [0, 0.1) is 0 Å². The Hall–Kier alpha value is -0.610. The Labute approximate surface area is 85.3 Å². The van der Waals surface area contributed by atoms with Gasteiger partial charge in [-0.1, -0.05) is 0 Å². The second kappa shape index (κ2) is 5.98. The minimum Gasteiger partial charge on any atom is -0.480 e. The lowest BCUT2D eigenvalue weighted by atomic mass is 10.3. The zero-order valence-corrected chi connectivity index (χ0v) is 8.83. The van der Waals surface area contributed by atoms with Crippen LogP contribution in [0.1, 0.15) is 26.2 Å². The summed E-state index contributed by atoms with van der Waals surface area (Å²) in [6.45, 7) is 6.00. The average molecular weight is 200 g/mol. The van der Waals surface area contributed by atoms with Crippen molar-refractivity contribution in [1.29, 1.82) is 0 Å². The van der Waals surface area contributed by atoms with E-state index in [9.17, 15) is 4.79 Å². The normalized spacial score (nSPS) is 19.8. The van der Waals surface area contributed by atoms with Crippen LogP contribution in [0.4, 0.5) is 0 Å². The van der Waals surface area contributed by atoms with Crippen molar-refractivity contribution in [3.8, 4) is 0 Å². The third-order valence-corrected chi connectivity index (χ3v) is 2.67. The van der Waals surface area contributed by atoms with E-state index in [0.717, 1.165) is 19.5 Å². The molecule has 14 heavy (non-hydrogen) atoms. The van der Waals surface area contributed by atoms with Crippen LogP contribution in [-0.4, -0.2) is 48.2 Å². The molecule has 0 aliphatic carbocycles. The topological polar surface area (TPSA) is 52.6 Å². The maximum atomic E-state index is 10.5. The van der Waals surface area contributed by atoms with Crippen LogP contribution in [0.5, 0.6) is 0 Å². The number of nitrogens with zero attached hydrogens (tertiary/aromatic N) is 1. The maximum absolute atomic E-state index is 10.5. The lowest BCUT2D eigenvalue weighted by molar-refractivity contribution is -0.138. The molecule has 0 saturated carbocycles. The highest BCUT2D eigenvalue weighted by Crippen LogP contribution is 2.06. The summed E-state index contributed by atoms with van der Waals surface area (Å²) < 4.78 is 0. The van der Waals surface area contributed by atoms with E-state index in [0.29, 0.717) is 0 Å². The van der Waals surface area contributed by atoms with Crippen molar-refractivity contribution >= 4 is 5.97 Å². The highest BCUT2D eigenvalue weighted by atomic mass is 16.4. The summed E-state index contributed by atoms with van der Waals surface area (Å²) in [5.74, 6) is -0.772. The fourth-order valence-electron chi connectivity index (χ4n) is 1.71. The van der Waals surface area contributed by atoms with Gasteiger partial charge < -0.3 is 15.3 Å². The van der Waals surface area contributed by atoms with Gasteiger partial charge in [0.05, 0.1) is 0 Å². The van der Waals surface area contributed by atoms with E-state index in [1.165, 1.54) is 25.9 Å². The van der Waals surface area contributed by atoms with Gasteiger partial charge in [0, 0.05) is 0 Å². The highest BCUT2D eigenvalue weighted by molar-refractivity contribution is 5.72. The van der Waals surface area contributed by atoms with Crippen molar-refractivity contribution in [2.45, 2.75) is 32.2 Å². The van der Waals surface area contributed by atoms with Crippen LogP contribution < -0.4 is 5.32 Å². The van der Waals surface area contributed by atoms with Gasteiger partial charge in [-0.15, -0.1) is 0 Å². The second-order valence-corrected chi connectivity index (χ2v) is 3.92. The summed E-state index contributed by atoms with van der Waals surface area (Å²) in [5, 5.41) is 11.6. The number of hydrogen-bond donors (Lipinski definition) is 2. The molecule has 82 valence electrons. The molecule has 1 heterocycles. The van der Waals surface area contributed by atoms with Gasteiger partial charge in [0.2, 0.25) is 0 Å². The predicted molar refractivity (Wildman–Crippen MR) is 55.4 cm³/mol. The summed E-state index contributed by atoms with van der Waals surface area (Å²) in [5.41, 5.74) is 0. The zero-order chi connectivity index (χ0) is 10.4. The van der Waals surface area contributed by atoms with Gasteiger partial charge in [0.25, 0.3) is 0 Å². The molecule has 4 nitrogen and oxygen atoms in total. The minimum atomic E-state index is -0.772. The molecule has 1 fully saturated rings. The molecule has 0 spiro atoms. The number of nitrogens with one attached hydrogen (secondary N) is 1. The van der Waals surface area contributed by atoms with E-state index in [-0.39, 0.29) is 0 Å². The Morgan fingerprint density at radius 3 is 2.71 bits per heavy atom. The van der Waals surface area contributed by atoms with Crippen LogP contribution in [-0.2, 0) is 4.79 Å². The first kappa shape index (κ1) is 11.5. The fourth-order valence-corrected chi connectivity index (χ4v) is 1.71. The number of carboxylic acid groups (broad SMARTS) is 1. The van der Waals surface area contributed by atoms with Gasteiger partial charge in [0.1, 0.15) is 6.04 Å². The molecule has 0 unspecified atom stereocenters. The molecular weight excluding hydrogens is 180 g/mol. The van der Waals surface area contributed by atoms with Crippen molar-refractivity contribution in [2.24, 2.45) is 0 Å². The number of rotatable bonds is 6. The first-order chi connectivity index (χ1) is 6.70. The number of carboxylic acids is 1. The summed E-state index contributed by atoms with van der Waals surface area (Å²) in [6, 6.07) is -0.423. The lowest BCUT2D eigenvalue weighted by Gasteiger charge is -2.15. The van der Waals surface area contributed by atoms with Crippen molar-refractivity contribution < 1.29 is 9.90 Å². The van der Waals surface area contributed by atoms with E-state index in [1.807, 2.05) is 0 Å². The summed E-state index contributed by atoms with van der Waals surface area (Å²) in [6.07, 6.45) is 3.68. The third-order valence-electron chi connectivity index (χ3n) is 2.67. The molecule has 0 bridgehead atoms. The van der Waals surface area contributed by atoms with Crippen LogP contribution in [0.3, 0.4) is 0 Å². The van der Waals surface area contributed by atoms with Gasteiger partial charge in [-0.3, -0.25) is 4.79 Å². The van der Waals surface area contributed by atoms with Gasteiger partial charge in [0.15, 0.2) is 0 Å². The van der Waals surface area contributed by atoms with Crippen molar-refractivity contribution in [3.63, 3.8) is 0 Å². The van der Waals surface area contributed by atoms with Gasteiger partial charge in [-0.05, 0) is 52.4 Å². The molecule has 1 aliphatic heterocycles. The Kier molecular flexibility index (Phi) is 4.90. The average Bonchev–Trinajstić information content (AvgIpc) is 2.64. The molecule has 0 aromatic rings. The molecule has 0 aromatic heterocycles. The molecule has 1 atom stereocenters. The number of aliphatic carboxylic acids is 1. The molecule has 1 aliphatic rings. The molecule has 0 radical (unpaired) electrons. The van der Waals surface area contributed by atoms with E-state index in [4.69, 9.17) is 5.11 Å². The van der Waals surface area contributed by atoms with Gasteiger partial charge in [-0.2, -0.15) is 0 Å². The highest BCUT2D eigenvalue weighted by Gasteiger charge is 2.11. The summed E-state index contributed by atoms with van der Waals surface area (Å²) >= 11 is 0. The molecule has 1 rings (SSSR count). The Balaban J connectivity index is 1.95.